The van der Waals surface area contributed by atoms with Crippen LogP contribution < -0.4 is 4.74 Å². The number of aromatic nitrogens is 1. The minimum absolute atomic E-state index is 0.514. The van der Waals surface area contributed by atoms with E-state index >= 15 is 0 Å². The van der Waals surface area contributed by atoms with Crippen LogP contribution in [0.4, 0.5) is 0 Å². The molecule has 0 spiro atoms. The average Bonchev–Trinajstić information content (AvgIpc) is 2.91. The first-order valence-corrected chi connectivity index (χ1v) is 7.34. The number of rotatable bonds is 5. The molecular formula is C16H14BrNO3. The SMILES string of the molecule is COCCOc1cccc(-c2nc3ccc(Br)cc3o2)c1. The third-order valence-corrected chi connectivity index (χ3v) is 3.48. The second-order valence-corrected chi connectivity index (χ2v) is 5.42. The van der Waals surface area contributed by atoms with Crippen LogP contribution >= 0.6 is 15.9 Å². The van der Waals surface area contributed by atoms with E-state index in [4.69, 9.17) is 13.9 Å². The maximum atomic E-state index is 5.79. The largest absolute Gasteiger partial charge is 0.491 e. The molecule has 1 aromatic heterocycles. The molecule has 0 saturated heterocycles. The second kappa shape index (κ2) is 6.28. The second-order valence-electron chi connectivity index (χ2n) is 4.50. The Morgan fingerprint density at radius 2 is 2.05 bits per heavy atom. The zero-order valence-corrected chi connectivity index (χ0v) is 13.1. The fourth-order valence-electron chi connectivity index (χ4n) is 1.98. The fourth-order valence-corrected chi connectivity index (χ4v) is 2.32. The molecule has 0 atom stereocenters. The van der Waals surface area contributed by atoms with Gasteiger partial charge in [-0.3, -0.25) is 0 Å². The average molecular weight is 348 g/mol. The lowest BCUT2D eigenvalue weighted by molar-refractivity contribution is 0.146. The molecule has 0 radical (unpaired) electrons. The van der Waals surface area contributed by atoms with Crippen LogP contribution in [0.25, 0.3) is 22.6 Å². The van der Waals surface area contributed by atoms with Gasteiger partial charge in [0.25, 0.3) is 0 Å². The molecule has 0 amide bonds. The van der Waals surface area contributed by atoms with Crippen LogP contribution in [0.1, 0.15) is 0 Å². The standard InChI is InChI=1S/C16H14BrNO3/c1-19-7-8-20-13-4-2-3-11(9-13)16-18-14-6-5-12(17)10-15(14)21-16/h2-6,9-10H,7-8H2,1H3. The molecule has 5 heteroatoms. The Morgan fingerprint density at radius 3 is 2.90 bits per heavy atom. The third kappa shape index (κ3) is 3.25. The van der Waals surface area contributed by atoms with Gasteiger partial charge in [0.05, 0.1) is 6.61 Å². The molecule has 0 aliphatic carbocycles. The lowest BCUT2D eigenvalue weighted by atomic mass is 10.2. The number of hydrogen-bond donors (Lipinski definition) is 0. The van der Waals surface area contributed by atoms with Gasteiger partial charge < -0.3 is 13.9 Å². The summed E-state index contributed by atoms with van der Waals surface area (Å²) in [5.41, 5.74) is 2.47. The first kappa shape index (κ1) is 14.1. The van der Waals surface area contributed by atoms with E-state index in [-0.39, 0.29) is 0 Å². The third-order valence-electron chi connectivity index (χ3n) is 2.99. The highest BCUT2D eigenvalue weighted by atomic mass is 79.9. The minimum atomic E-state index is 0.514. The van der Waals surface area contributed by atoms with Gasteiger partial charge in [0.2, 0.25) is 5.89 Å². The van der Waals surface area contributed by atoms with Crippen molar-refractivity contribution < 1.29 is 13.9 Å². The summed E-state index contributed by atoms with van der Waals surface area (Å²) in [7, 11) is 1.65. The Morgan fingerprint density at radius 1 is 1.14 bits per heavy atom. The lowest BCUT2D eigenvalue weighted by Crippen LogP contribution is -2.04. The van der Waals surface area contributed by atoms with Gasteiger partial charge in [0.15, 0.2) is 5.58 Å². The predicted molar refractivity (Wildman–Crippen MR) is 84.5 cm³/mol. The van der Waals surface area contributed by atoms with Gasteiger partial charge in [0, 0.05) is 17.1 Å². The maximum Gasteiger partial charge on any atom is 0.227 e. The quantitative estimate of drug-likeness (QED) is 0.646. The number of ether oxygens (including phenoxy) is 2. The van der Waals surface area contributed by atoms with E-state index in [1.54, 1.807) is 7.11 Å². The summed E-state index contributed by atoms with van der Waals surface area (Å²) in [4.78, 5) is 4.49. The van der Waals surface area contributed by atoms with Crippen LogP contribution in [0.15, 0.2) is 51.4 Å². The summed E-state index contributed by atoms with van der Waals surface area (Å²) in [6.45, 7) is 1.07. The highest BCUT2D eigenvalue weighted by molar-refractivity contribution is 9.10. The van der Waals surface area contributed by atoms with Gasteiger partial charge in [-0.25, -0.2) is 4.98 Å². The van der Waals surface area contributed by atoms with Crippen LogP contribution in [0.2, 0.25) is 0 Å². The van der Waals surface area contributed by atoms with Crippen LogP contribution in [0.3, 0.4) is 0 Å². The summed E-state index contributed by atoms with van der Waals surface area (Å²) in [6, 6.07) is 13.5. The van der Waals surface area contributed by atoms with E-state index in [2.05, 4.69) is 20.9 Å². The Bertz CT molecular complexity index is 754. The molecule has 0 aliphatic rings. The van der Waals surface area contributed by atoms with Crippen molar-refractivity contribution in [2.75, 3.05) is 20.3 Å². The number of halogens is 1. The molecule has 0 unspecified atom stereocenters. The normalized spacial score (nSPS) is 11.0. The fraction of sp³-hybridized carbons (Fsp3) is 0.188. The van der Waals surface area contributed by atoms with Crippen molar-refractivity contribution >= 4 is 27.0 Å². The molecule has 2 aromatic carbocycles. The van der Waals surface area contributed by atoms with Crippen molar-refractivity contribution in [3.63, 3.8) is 0 Å². The van der Waals surface area contributed by atoms with E-state index in [9.17, 15) is 0 Å². The van der Waals surface area contributed by atoms with E-state index in [1.807, 2.05) is 42.5 Å². The van der Waals surface area contributed by atoms with Gasteiger partial charge >= 0.3 is 0 Å². The summed E-state index contributed by atoms with van der Waals surface area (Å²) in [5.74, 6) is 1.35. The molecule has 0 bridgehead atoms. The van der Waals surface area contributed by atoms with Crippen LogP contribution in [-0.4, -0.2) is 25.3 Å². The lowest BCUT2D eigenvalue weighted by Gasteiger charge is -2.05. The zero-order chi connectivity index (χ0) is 14.7. The number of fused-ring (bicyclic) bond motifs is 1. The van der Waals surface area contributed by atoms with Crippen molar-refractivity contribution in [2.45, 2.75) is 0 Å². The topological polar surface area (TPSA) is 44.5 Å². The number of hydrogen-bond acceptors (Lipinski definition) is 4. The minimum Gasteiger partial charge on any atom is -0.491 e. The van der Waals surface area contributed by atoms with Crippen LogP contribution in [-0.2, 0) is 4.74 Å². The van der Waals surface area contributed by atoms with Gasteiger partial charge in [-0.05, 0) is 36.4 Å². The van der Waals surface area contributed by atoms with Gasteiger partial charge in [0.1, 0.15) is 17.9 Å². The number of methoxy groups -OCH3 is 1. The molecule has 3 aromatic rings. The first-order chi connectivity index (χ1) is 10.3. The molecule has 0 aliphatic heterocycles. The Hall–Kier alpha value is -1.85. The van der Waals surface area contributed by atoms with Crippen LogP contribution in [0.5, 0.6) is 5.75 Å². The van der Waals surface area contributed by atoms with Crippen molar-refractivity contribution in [3.8, 4) is 17.2 Å². The Kier molecular flexibility index (Phi) is 4.22. The predicted octanol–water partition coefficient (Wildman–Crippen LogP) is 4.28. The van der Waals surface area contributed by atoms with E-state index in [1.165, 1.54) is 0 Å². The molecule has 21 heavy (non-hydrogen) atoms. The molecular weight excluding hydrogens is 334 g/mol. The summed E-state index contributed by atoms with van der Waals surface area (Å²) in [6.07, 6.45) is 0. The zero-order valence-electron chi connectivity index (χ0n) is 11.5. The molecule has 1 heterocycles. The van der Waals surface area contributed by atoms with E-state index in [0.717, 1.165) is 26.9 Å². The Balaban J connectivity index is 1.89. The van der Waals surface area contributed by atoms with Crippen molar-refractivity contribution in [1.82, 2.24) is 4.98 Å². The van der Waals surface area contributed by atoms with Gasteiger partial charge in [-0.1, -0.05) is 22.0 Å². The first-order valence-electron chi connectivity index (χ1n) is 6.54. The summed E-state index contributed by atoms with van der Waals surface area (Å²) in [5, 5.41) is 0. The van der Waals surface area contributed by atoms with Crippen LogP contribution in [0, 0.1) is 0 Å². The van der Waals surface area contributed by atoms with E-state index < -0.39 is 0 Å². The molecule has 0 saturated carbocycles. The monoisotopic (exact) mass is 347 g/mol. The van der Waals surface area contributed by atoms with Gasteiger partial charge in [-0.2, -0.15) is 0 Å². The van der Waals surface area contributed by atoms with Crippen molar-refractivity contribution in [2.24, 2.45) is 0 Å². The summed E-state index contributed by atoms with van der Waals surface area (Å²) >= 11 is 3.43. The van der Waals surface area contributed by atoms with Crippen molar-refractivity contribution in [1.29, 1.82) is 0 Å². The van der Waals surface area contributed by atoms with Crippen molar-refractivity contribution in [3.05, 3.63) is 46.9 Å². The molecule has 4 nitrogen and oxygen atoms in total. The summed E-state index contributed by atoms with van der Waals surface area (Å²) < 4.78 is 17.3. The molecule has 108 valence electrons. The molecule has 0 fully saturated rings. The molecule has 3 rings (SSSR count). The van der Waals surface area contributed by atoms with Gasteiger partial charge in [-0.15, -0.1) is 0 Å². The highest BCUT2D eigenvalue weighted by Gasteiger charge is 2.09. The molecule has 0 N–H and O–H groups in total. The maximum absolute atomic E-state index is 5.79. The smallest absolute Gasteiger partial charge is 0.227 e. The van der Waals surface area contributed by atoms with E-state index in [0.29, 0.717) is 19.1 Å². The number of oxazole rings is 1. The Labute approximate surface area is 130 Å². The number of nitrogens with zero attached hydrogens (tertiary/aromatic N) is 1. The number of benzene rings is 2. The highest BCUT2D eigenvalue weighted by Crippen LogP contribution is 2.28.